The lowest BCUT2D eigenvalue weighted by Crippen LogP contribution is -2.41. The quantitative estimate of drug-likeness (QED) is 0.727. The van der Waals surface area contributed by atoms with Gasteiger partial charge in [-0.1, -0.05) is 18.2 Å². The first kappa shape index (κ1) is 17.8. The van der Waals surface area contributed by atoms with Crippen LogP contribution in [0.15, 0.2) is 54.9 Å². The van der Waals surface area contributed by atoms with Crippen LogP contribution in [0.5, 0.6) is 0 Å². The largest absolute Gasteiger partial charge is 0.495 e. The van der Waals surface area contributed by atoms with Gasteiger partial charge in [0, 0.05) is 11.9 Å². The summed E-state index contributed by atoms with van der Waals surface area (Å²) in [6.45, 7) is 8.08. The molecule has 1 aromatic carbocycles. The molecule has 138 valence electrons. The van der Waals surface area contributed by atoms with Gasteiger partial charge in [-0.25, -0.2) is 4.98 Å². The zero-order valence-corrected chi connectivity index (χ0v) is 15.9. The summed E-state index contributed by atoms with van der Waals surface area (Å²) in [6.07, 6.45) is 3.39. The Morgan fingerprint density at radius 2 is 1.74 bits per heavy atom. The maximum atomic E-state index is 12.6. The van der Waals surface area contributed by atoms with Crippen molar-refractivity contribution >= 4 is 29.8 Å². The maximum absolute atomic E-state index is 12.6. The van der Waals surface area contributed by atoms with E-state index in [0.717, 1.165) is 11.2 Å². The Morgan fingerprint density at radius 3 is 2.41 bits per heavy atom. The van der Waals surface area contributed by atoms with Crippen LogP contribution >= 0.6 is 0 Å². The second kappa shape index (κ2) is 6.21. The third-order valence-electron chi connectivity index (χ3n) is 5.33. The monoisotopic (exact) mass is 363 g/mol. The standard InChI is InChI=1S/C20H22BN3O3/c1-19(2)20(3,4)27-21(26-19)14-10-11-24-16(13-22-17(24)12-14)18(25)23-15-8-6-5-7-9-15/h5-13H,1-4H3,(H,23,25). The lowest BCUT2D eigenvalue weighted by Gasteiger charge is -2.32. The second-order valence-electron chi connectivity index (χ2n) is 7.74. The molecule has 27 heavy (non-hydrogen) atoms. The van der Waals surface area contributed by atoms with E-state index in [9.17, 15) is 4.79 Å². The highest BCUT2D eigenvalue weighted by atomic mass is 16.7. The third kappa shape index (κ3) is 3.13. The van der Waals surface area contributed by atoms with Crippen LogP contribution in [0.2, 0.25) is 0 Å². The van der Waals surface area contributed by atoms with Gasteiger partial charge in [-0.15, -0.1) is 0 Å². The molecule has 1 aliphatic heterocycles. The van der Waals surface area contributed by atoms with Crippen molar-refractivity contribution in [2.45, 2.75) is 38.9 Å². The topological polar surface area (TPSA) is 64.9 Å². The predicted molar refractivity (Wildman–Crippen MR) is 105 cm³/mol. The Bertz CT molecular complexity index is 982. The zero-order valence-electron chi connectivity index (χ0n) is 15.9. The van der Waals surface area contributed by atoms with Gasteiger partial charge in [0.05, 0.1) is 17.4 Å². The third-order valence-corrected chi connectivity index (χ3v) is 5.33. The van der Waals surface area contributed by atoms with E-state index in [1.165, 1.54) is 0 Å². The number of hydrogen-bond acceptors (Lipinski definition) is 4. The van der Waals surface area contributed by atoms with Gasteiger partial charge in [-0.2, -0.15) is 0 Å². The molecule has 0 radical (unpaired) electrons. The normalized spacial score (nSPS) is 18.0. The van der Waals surface area contributed by atoms with Crippen LogP contribution in [0, 0.1) is 0 Å². The average molecular weight is 363 g/mol. The van der Waals surface area contributed by atoms with E-state index in [1.807, 2.05) is 76.4 Å². The number of pyridine rings is 1. The van der Waals surface area contributed by atoms with E-state index < -0.39 is 18.3 Å². The average Bonchev–Trinajstić information content (AvgIpc) is 3.13. The van der Waals surface area contributed by atoms with Crippen LogP contribution in [-0.4, -0.2) is 33.6 Å². The maximum Gasteiger partial charge on any atom is 0.495 e. The molecule has 0 bridgehead atoms. The van der Waals surface area contributed by atoms with Crippen molar-refractivity contribution in [2.24, 2.45) is 0 Å². The molecule has 1 amide bonds. The summed E-state index contributed by atoms with van der Waals surface area (Å²) >= 11 is 0. The highest BCUT2D eigenvalue weighted by Crippen LogP contribution is 2.36. The molecule has 1 aliphatic rings. The van der Waals surface area contributed by atoms with E-state index in [2.05, 4.69) is 10.3 Å². The smallest absolute Gasteiger partial charge is 0.399 e. The van der Waals surface area contributed by atoms with Crippen LogP contribution in [-0.2, 0) is 9.31 Å². The molecule has 3 heterocycles. The number of carbonyl (C=O) groups excluding carboxylic acids is 1. The van der Waals surface area contributed by atoms with Crippen molar-refractivity contribution < 1.29 is 14.1 Å². The molecule has 4 rings (SSSR count). The van der Waals surface area contributed by atoms with Gasteiger partial charge in [0.1, 0.15) is 11.3 Å². The number of nitrogens with zero attached hydrogens (tertiary/aromatic N) is 2. The number of rotatable bonds is 3. The Hall–Kier alpha value is -2.64. The first-order valence-corrected chi connectivity index (χ1v) is 8.96. The van der Waals surface area contributed by atoms with Gasteiger partial charge in [0.25, 0.3) is 5.91 Å². The van der Waals surface area contributed by atoms with E-state index in [4.69, 9.17) is 9.31 Å². The minimum atomic E-state index is -0.460. The SMILES string of the molecule is CC1(C)OB(c2ccn3c(C(=O)Nc4ccccc4)cnc3c2)OC1(C)C. The summed E-state index contributed by atoms with van der Waals surface area (Å²) in [5, 5.41) is 2.88. The van der Waals surface area contributed by atoms with Crippen molar-refractivity contribution in [2.75, 3.05) is 5.32 Å². The number of anilines is 1. The van der Waals surface area contributed by atoms with Crippen molar-refractivity contribution in [3.63, 3.8) is 0 Å². The van der Waals surface area contributed by atoms with E-state index in [1.54, 1.807) is 10.6 Å². The van der Waals surface area contributed by atoms with E-state index >= 15 is 0 Å². The molecule has 0 spiro atoms. The molecule has 0 atom stereocenters. The fraction of sp³-hybridized carbons (Fsp3) is 0.300. The van der Waals surface area contributed by atoms with Crippen LogP contribution < -0.4 is 10.8 Å². The molecule has 2 aromatic heterocycles. The molecule has 0 aliphatic carbocycles. The van der Waals surface area contributed by atoms with Gasteiger partial charge < -0.3 is 14.6 Å². The zero-order chi connectivity index (χ0) is 19.2. The molecular weight excluding hydrogens is 341 g/mol. The van der Waals surface area contributed by atoms with Gasteiger partial charge in [0.15, 0.2) is 0 Å². The van der Waals surface area contributed by atoms with Crippen LogP contribution in [0.3, 0.4) is 0 Å². The Labute approximate surface area is 158 Å². The highest BCUT2D eigenvalue weighted by Gasteiger charge is 2.51. The molecule has 6 nitrogen and oxygen atoms in total. The Kier molecular flexibility index (Phi) is 4.09. The number of para-hydroxylation sites is 1. The first-order chi connectivity index (χ1) is 12.8. The predicted octanol–water partition coefficient (Wildman–Crippen LogP) is 2.89. The summed E-state index contributed by atoms with van der Waals surface area (Å²) in [5.74, 6) is -0.211. The summed E-state index contributed by atoms with van der Waals surface area (Å²) in [5.41, 5.74) is 1.95. The number of aromatic nitrogens is 2. The first-order valence-electron chi connectivity index (χ1n) is 8.96. The minimum Gasteiger partial charge on any atom is -0.399 e. The summed E-state index contributed by atoms with van der Waals surface area (Å²) < 4.78 is 13.9. The molecule has 0 unspecified atom stereocenters. The fourth-order valence-electron chi connectivity index (χ4n) is 3.01. The fourth-order valence-corrected chi connectivity index (χ4v) is 3.01. The van der Waals surface area contributed by atoms with Crippen LogP contribution in [0.25, 0.3) is 5.65 Å². The van der Waals surface area contributed by atoms with E-state index in [-0.39, 0.29) is 5.91 Å². The number of imidazole rings is 1. The number of hydrogen-bond donors (Lipinski definition) is 1. The van der Waals surface area contributed by atoms with Gasteiger partial charge in [-0.05, 0) is 57.4 Å². The van der Waals surface area contributed by atoms with Gasteiger partial charge in [-0.3, -0.25) is 9.20 Å². The van der Waals surface area contributed by atoms with Crippen molar-refractivity contribution in [3.8, 4) is 0 Å². The molecule has 1 fully saturated rings. The minimum absolute atomic E-state index is 0.211. The lowest BCUT2D eigenvalue weighted by atomic mass is 9.80. The summed E-state index contributed by atoms with van der Waals surface area (Å²) in [6, 6.07) is 13.1. The Balaban J connectivity index is 1.60. The van der Waals surface area contributed by atoms with Crippen LogP contribution in [0.4, 0.5) is 5.69 Å². The number of carbonyl (C=O) groups is 1. The number of benzene rings is 1. The van der Waals surface area contributed by atoms with E-state index in [0.29, 0.717) is 11.3 Å². The number of nitrogens with one attached hydrogen (secondary N) is 1. The Morgan fingerprint density at radius 1 is 1.07 bits per heavy atom. The molecule has 0 saturated carbocycles. The van der Waals surface area contributed by atoms with Crippen molar-refractivity contribution in [3.05, 3.63) is 60.6 Å². The number of fused-ring (bicyclic) bond motifs is 1. The van der Waals surface area contributed by atoms with Gasteiger partial charge in [0.2, 0.25) is 0 Å². The lowest BCUT2D eigenvalue weighted by molar-refractivity contribution is 0.00578. The highest BCUT2D eigenvalue weighted by molar-refractivity contribution is 6.62. The van der Waals surface area contributed by atoms with Gasteiger partial charge >= 0.3 is 7.12 Å². The number of amides is 1. The summed E-state index contributed by atoms with van der Waals surface area (Å²) in [4.78, 5) is 17.0. The van der Waals surface area contributed by atoms with Crippen LogP contribution in [0.1, 0.15) is 38.2 Å². The molecule has 1 saturated heterocycles. The molecule has 3 aromatic rings. The molecule has 1 N–H and O–H groups in total. The molecule has 7 heteroatoms. The molecular formula is C20H22BN3O3. The van der Waals surface area contributed by atoms with Crippen molar-refractivity contribution in [1.29, 1.82) is 0 Å². The summed E-state index contributed by atoms with van der Waals surface area (Å²) in [7, 11) is -0.460. The van der Waals surface area contributed by atoms with Crippen molar-refractivity contribution in [1.82, 2.24) is 9.38 Å². The second-order valence-corrected chi connectivity index (χ2v) is 7.74.